The van der Waals surface area contributed by atoms with Crippen LogP contribution < -0.4 is 0 Å². The Morgan fingerprint density at radius 1 is 0.537 bits per heavy atom. The van der Waals surface area contributed by atoms with E-state index >= 15 is 0 Å². The molecule has 2 heterocycles. The van der Waals surface area contributed by atoms with E-state index in [1.165, 1.54) is 77.9 Å². The molecule has 0 saturated heterocycles. The zero-order chi connectivity index (χ0) is 36.9. The summed E-state index contributed by atoms with van der Waals surface area (Å²) in [5.74, 6) is 3.78. The number of aryl methyl sites for hydroxylation is 4. The molecule has 8 rings (SSSR count). The Morgan fingerprint density at radius 3 is 1.20 bits per heavy atom. The van der Waals surface area contributed by atoms with Gasteiger partial charge in [-0.15, -0.1) is 24.8 Å². The van der Waals surface area contributed by atoms with Crippen molar-refractivity contribution in [2.75, 3.05) is 0 Å². The van der Waals surface area contributed by atoms with E-state index in [9.17, 15) is 0 Å². The van der Waals surface area contributed by atoms with Crippen LogP contribution >= 0.6 is 48.0 Å². The second-order valence-corrected chi connectivity index (χ2v) is 47.6. The molecule has 0 spiro atoms. The number of rotatable bonds is 6. The zero-order valence-electron chi connectivity index (χ0n) is 32.0. The standard InChI is InChI=1S/2C22H18ClO.2CH3.2ClH.H2Si.Zr/c2*1-13-10-17-11-18(21-9-4-14(2)24-21)12-20(17)22(15(13)3)16-5-7-19(23)8-6-16;;;;;;/h2*4-12H,1-3H3;2*1H3;2*1H;1H2;. The molecule has 278 valence electrons. The Kier molecular flexibility index (Phi) is 11.0. The summed E-state index contributed by atoms with van der Waals surface area (Å²) in [6, 6.07) is 30.2. The van der Waals surface area contributed by atoms with Gasteiger partial charge in [0.2, 0.25) is 0 Å². The molecular weight excluding hydrogens is 846 g/mol. The van der Waals surface area contributed by atoms with Crippen LogP contribution in [0.3, 0.4) is 0 Å². The van der Waals surface area contributed by atoms with Gasteiger partial charge in [0.1, 0.15) is 0 Å². The van der Waals surface area contributed by atoms with Crippen molar-refractivity contribution < 1.29 is 26.2 Å². The van der Waals surface area contributed by atoms with Crippen molar-refractivity contribution in [1.82, 2.24) is 0 Å². The number of hydrogen-bond donors (Lipinski definition) is 0. The predicted molar refractivity (Wildman–Crippen MR) is 236 cm³/mol. The maximum atomic E-state index is 6.57. The summed E-state index contributed by atoms with van der Waals surface area (Å²) in [6.45, 7) is 15.5. The third kappa shape index (κ3) is 6.63. The minimum atomic E-state index is -4.25. The zero-order valence-corrected chi connectivity index (χ0v) is 39.0. The second kappa shape index (κ2) is 14.6. The molecule has 2 nitrogen and oxygen atoms in total. The first kappa shape index (κ1) is 40.8. The van der Waals surface area contributed by atoms with Crippen LogP contribution in [0.15, 0.2) is 93.8 Å². The molecule has 2 unspecified atom stereocenters. The molecule has 2 aliphatic rings. The van der Waals surface area contributed by atoms with Crippen LogP contribution in [0.5, 0.6) is 0 Å². The minimum Gasteiger partial charge on any atom is -0.147 e. The van der Waals surface area contributed by atoms with Crippen LogP contribution in [0.4, 0.5) is 0 Å². The van der Waals surface area contributed by atoms with E-state index in [0.29, 0.717) is 0 Å². The van der Waals surface area contributed by atoms with Gasteiger partial charge in [-0.3, -0.25) is 0 Å². The van der Waals surface area contributed by atoms with Gasteiger partial charge in [-0.05, 0) is 0 Å². The van der Waals surface area contributed by atoms with Crippen LogP contribution in [0.25, 0.3) is 45.6 Å². The summed E-state index contributed by atoms with van der Waals surface area (Å²) in [5, 5.41) is 1.49. The fraction of sp³-hybridized carbons (Fsp3) is 0.217. The van der Waals surface area contributed by atoms with E-state index in [1.807, 2.05) is 38.1 Å². The molecule has 2 atom stereocenters. The first-order valence-electron chi connectivity index (χ1n) is 18.1. The van der Waals surface area contributed by atoms with Crippen LogP contribution in [0.1, 0.15) is 74.8 Å². The number of halogens is 4. The molecule has 0 N–H and O–H groups in total. The van der Waals surface area contributed by atoms with Gasteiger partial charge in [-0.25, -0.2) is 0 Å². The van der Waals surface area contributed by atoms with E-state index in [1.54, 1.807) is 0 Å². The first-order valence-corrected chi connectivity index (χ1v) is 32.5. The van der Waals surface area contributed by atoms with Crippen molar-refractivity contribution in [1.29, 1.82) is 0 Å². The first-order chi connectivity index (χ1) is 24.6. The van der Waals surface area contributed by atoms with Gasteiger partial charge in [-0.1, -0.05) is 0 Å². The minimum absolute atomic E-state index is 0. The molecule has 2 aliphatic carbocycles. The number of benzene rings is 4. The normalized spacial score (nSPS) is 16.3. The van der Waals surface area contributed by atoms with E-state index in [2.05, 4.69) is 117 Å². The quantitative estimate of drug-likeness (QED) is 0.156. The van der Waals surface area contributed by atoms with E-state index in [4.69, 9.17) is 32.0 Å². The second-order valence-electron chi connectivity index (χ2n) is 16.2. The van der Waals surface area contributed by atoms with Gasteiger partial charge in [0, 0.05) is 0 Å². The van der Waals surface area contributed by atoms with Crippen molar-refractivity contribution in [3.63, 3.8) is 0 Å². The van der Waals surface area contributed by atoms with Crippen LogP contribution in [-0.4, -0.2) is 6.88 Å². The average Bonchev–Trinajstić information content (AvgIpc) is 3.89. The summed E-state index contributed by atoms with van der Waals surface area (Å²) < 4.78 is 18.9. The monoisotopic (exact) mass is 888 g/mol. The molecule has 0 bridgehead atoms. The van der Waals surface area contributed by atoms with Crippen molar-refractivity contribution in [3.8, 4) is 22.3 Å². The molecule has 0 saturated carbocycles. The summed E-state index contributed by atoms with van der Waals surface area (Å²) in [6.07, 6.45) is 4.91. The van der Waals surface area contributed by atoms with E-state index in [-0.39, 0.29) is 32.1 Å². The molecule has 8 heteroatoms. The smallest absolute Gasteiger partial charge is 0.147 e. The van der Waals surface area contributed by atoms with Crippen LogP contribution in [-0.2, 0) is 17.4 Å². The maximum Gasteiger partial charge on any atom is -0.147 e. The molecule has 4 aromatic carbocycles. The molecule has 54 heavy (non-hydrogen) atoms. The number of fused-ring (bicyclic) bond motifs is 2. The Balaban J connectivity index is 0.00000249. The Morgan fingerprint density at radius 2 is 0.889 bits per heavy atom. The van der Waals surface area contributed by atoms with Gasteiger partial charge in [0.25, 0.3) is 0 Å². The van der Waals surface area contributed by atoms with E-state index < -0.39 is 17.4 Å². The molecule has 0 fully saturated rings. The van der Waals surface area contributed by atoms with Crippen molar-refractivity contribution >= 4 is 78.2 Å². The van der Waals surface area contributed by atoms with Crippen molar-refractivity contribution in [2.24, 2.45) is 0 Å². The molecule has 0 amide bonds. The largest absolute Gasteiger partial charge is 0.147 e. The molecular formula is C46H46Cl4O2SiZr. The summed E-state index contributed by atoms with van der Waals surface area (Å²) in [5.41, 5.74) is 18.1. The molecule has 0 radical (unpaired) electrons. The third-order valence-electron chi connectivity index (χ3n) is 11.9. The summed E-state index contributed by atoms with van der Waals surface area (Å²) in [4.78, 5) is 0. The topological polar surface area (TPSA) is 26.3 Å². The molecule has 2 aromatic heterocycles. The Labute approximate surface area is 344 Å². The molecule has 0 aliphatic heterocycles. The van der Waals surface area contributed by atoms with Crippen molar-refractivity contribution in [3.05, 3.63) is 163 Å². The van der Waals surface area contributed by atoms with Gasteiger partial charge in [-0.2, -0.15) is 0 Å². The predicted octanol–water partition coefficient (Wildman–Crippen LogP) is 14.4. The number of hydrogen-bond acceptors (Lipinski definition) is 2. The Bertz CT molecular complexity index is 2410. The van der Waals surface area contributed by atoms with Gasteiger partial charge in [0.15, 0.2) is 0 Å². The summed E-state index contributed by atoms with van der Waals surface area (Å²) in [7, 11) is 0. The van der Waals surface area contributed by atoms with Gasteiger partial charge < -0.3 is 0 Å². The SMILES string of the molecule is Cc1ccc(C2=Cc3c(cc(C)c(C)c3-c3ccc(Cl)cc3)[CH]2[Zr]([CH3])([CH3])(=[SiH2])[CH]2C(c3ccc(C)o3)=Cc3c2cc(C)c(C)c3-c2ccc(Cl)cc2)o1.Cl.Cl. The maximum absolute atomic E-state index is 6.57. The number of allylic oxidation sites excluding steroid dienone is 2. The number of furan rings is 2. The average molecular weight is 892 g/mol. The van der Waals surface area contributed by atoms with E-state index in [0.717, 1.165) is 33.1 Å². The van der Waals surface area contributed by atoms with Crippen LogP contribution in [0.2, 0.25) is 19.3 Å². The fourth-order valence-electron chi connectivity index (χ4n) is 9.32. The van der Waals surface area contributed by atoms with Gasteiger partial charge >= 0.3 is 322 Å². The van der Waals surface area contributed by atoms with Crippen molar-refractivity contribution in [2.45, 2.75) is 58.1 Å². The Hall–Kier alpha value is -2.82. The molecule has 6 aromatic rings. The van der Waals surface area contributed by atoms with Gasteiger partial charge in [0.05, 0.1) is 0 Å². The van der Waals surface area contributed by atoms with Crippen LogP contribution in [0, 0.1) is 41.5 Å². The summed E-state index contributed by atoms with van der Waals surface area (Å²) >= 11 is 8.59. The fourth-order valence-corrected chi connectivity index (χ4v) is 27.9. The third-order valence-corrected chi connectivity index (χ3v) is 29.6.